The van der Waals surface area contributed by atoms with Crippen molar-refractivity contribution in [1.29, 1.82) is 0 Å². The quantitative estimate of drug-likeness (QED) is 0.866. The van der Waals surface area contributed by atoms with E-state index in [1.807, 2.05) is 11.0 Å². The second kappa shape index (κ2) is 5.67. The van der Waals surface area contributed by atoms with Gasteiger partial charge in [0.25, 0.3) is 0 Å². The minimum atomic E-state index is -4.19. The predicted octanol–water partition coefficient (Wildman–Crippen LogP) is 3.03. The molecule has 1 aromatic rings. The van der Waals surface area contributed by atoms with E-state index in [-0.39, 0.29) is 6.42 Å². The van der Waals surface area contributed by atoms with Crippen LogP contribution in [-0.4, -0.2) is 30.3 Å². The first-order valence-electron chi connectivity index (χ1n) is 7.21. The average Bonchev–Trinajstić information content (AvgIpc) is 3.29. The van der Waals surface area contributed by atoms with E-state index in [4.69, 9.17) is 0 Å². The number of hydrogen-bond donors (Lipinski definition) is 1. The van der Waals surface area contributed by atoms with Crippen LogP contribution in [0.15, 0.2) is 30.1 Å². The standard InChI is InChI=1S/C15H18F3N3/c16-15(17,18)12-4-7-21(8-5-12)14-3-6-19-9-11(14)10-20-13-1-2-13/h3-4,6,9,13,20H,1-2,5,7-8,10H2. The van der Waals surface area contributed by atoms with Crippen molar-refractivity contribution in [2.75, 3.05) is 18.0 Å². The van der Waals surface area contributed by atoms with Gasteiger partial charge in [-0.05, 0) is 25.3 Å². The minimum absolute atomic E-state index is 0.0430. The van der Waals surface area contributed by atoms with E-state index in [9.17, 15) is 13.2 Å². The molecule has 0 unspecified atom stereocenters. The zero-order chi connectivity index (χ0) is 14.9. The number of pyridine rings is 1. The minimum Gasteiger partial charge on any atom is -0.367 e. The van der Waals surface area contributed by atoms with Crippen molar-refractivity contribution in [3.05, 3.63) is 35.7 Å². The predicted molar refractivity (Wildman–Crippen MR) is 75.1 cm³/mol. The molecule has 0 radical (unpaired) electrons. The molecule has 3 rings (SSSR count). The number of alkyl halides is 3. The lowest BCUT2D eigenvalue weighted by molar-refractivity contribution is -0.0943. The van der Waals surface area contributed by atoms with E-state index in [1.165, 1.54) is 18.9 Å². The molecule has 1 aliphatic heterocycles. The third-order valence-electron chi connectivity index (χ3n) is 3.95. The van der Waals surface area contributed by atoms with Gasteiger partial charge >= 0.3 is 6.18 Å². The van der Waals surface area contributed by atoms with Crippen molar-refractivity contribution >= 4 is 5.69 Å². The third-order valence-corrected chi connectivity index (χ3v) is 3.95. The van der Waals surface area contributed by atoms with Crippen LogP contribution in [0.4, 0.5) is 18.9 Å². The second-order valence-corrected chi connectivity index (χ2v) is 5.58. The maximum Gasteiger partial charge on any atom is 0.412 e. The van der Waals surface area contributed by atoms with Gasteiger partial charge in [0.15, 0.2) is 0 Å². The van der Waals surface area contributed by atoms with Gasteiger partial charge in [0.1, 0.15) is 0 Å². The lowest BCUT2D eigenvalue weighted by Gasteiger charge is -2.30. The van der Waals surface area contributed by atoms with Crippen molar-refractivity contribution < 1.29 is 13.2 Å². The molecule has 1 aromatic heterocycles. The first kappa shape index (κ1) is 14.4. The van der Waals surface area contributed by atoms with Gasteiger partial charge in [-0.2, -0.15) is 13.2 Å². The van der Waals surface area contributed by atoms with Gasteiger partial charge in [-0.15, -0.1) is 0 Å². The molecule has 2 heterocycles. The first-order valence-corrected chi connectivity index (χ1v) is 7.21. The van der Waals surface area contributed by atoms with Crippen LogP contribution in [0.1, 0.15) is 24.8 Å². The van der Waals surface area contributed by atoms with Gasteiger partial charge in [0.05, 0.1) is 0 Å². The first-order chi connectivity index (χ1) is 10.0. The molecule has 3 nitrogen and oxygen atoms in total. The molecule has 1 fully saturated rings. The number of anilines is 1. The summed E-state index contributed by atoms with van der Waals surface area (Å²) < 4.78 is 38.0. The molecular formula is C15H18F3N3. The van der Waals surface area contributed by atoms with Crippen LogP contribution in [0.25, 0.3) is 0 Å². The SMILES string of the molecule is FC(F)(F)C1=CCN(c2ccncc2CNC2CC2)CC1. The number of halogens is 3. The van der Waals surface area contributed by atoms with E-state index in [0.717, 1.165) is 17.8 Å². The normalized spacial score (nSPS) is 19.6. The number of aromatic nitrogens is 1. The van der Waals surface area contributed by atoms with Gasteiger partial charge in [0, 0.05) is 54.9 Å². The molecule has 2 aliphatic rings. The summed E-state index contributed by atoms with van der Waals surface area (Å²) in [6.07, 6.45) is 3.05. The highest BCUT2D eigenvalue weighted by Crippen LogP contribution is 2.32. The molecule has 1 saturated carbocycles. The Kier molecular flexibility index (Phi) is 3.89. The summed E-state index contributed by atoms with van der Waals surface area (Å²) in [6, 6.07) is 2.48. The Bertz CT molecular complexity index is 535. The summed E-state index contributed by atoms with van der Waals surface area (Å²) in [4.78, 5) is 6.12. The molecule has 1 N–H and O–H groups in total. The van der Waals surface area contributed by atoms with Crippen molar-refractivity contribution in [1.82, 2.24) is 10.3 Å². The van der Waals surface area contributed by atoms with Crippen LogP contribution in [0.3, 0.4) is 0 Å². The maximum atomic E-state index is 12.7. The fourth-order valence-electron chi connectivity index (χ4n) is 2.55. The van der Waals surface area contributed by atoms with Crippen molar-refractivity contribution in [2.45, 2.75) is 38.0 Å². The number of nitrogens with zero attached hydrogens (tertiary/aromatic N) is 2. The molecular weight excluding hydrogens is 279 g/mol. The van der Waals surface area contributed by atoms with Gasteiger partial charge in [0.2, 0.25) is 0 Å². The number of nitrogens with one attached hydrogen (secondary N) is 1. The lowest BCUT2D eigenvalue weighted by atomic mass is 10.1. The fourth-order valence-corrected chi connectivity index (χ4v) is 2.55. The Hall–Kier alpha value is -1.56. The highest BCUT2D eigenvalue weighted by molar-refractivity contribution is 5.53. The van der Waals surface area contributed by atoms with Gasteiger partial charge in [-0.25, -0.2) is 0 Å². The Balaban J connectivity index is 1.71. The molecule has 0 bridgehead atoms. The van der Waals surface area contributed by atoms with Crippen molar-refractivity contribution in [3.8, 4) is 0 Å². The highest BCUT2D eigenvalue weighted by Gasteiger charge is 2.35. The van der Waals surface area contributed by atoms with E-state index < -0.39 is 11.7 Å². The molecule has 0 saturated heterocycles. The van der Waals surface area contributed by atoms with Gasteiger partial charge in [-0.1, -0.05) is 6.08 Å². The van der Waals surface area contributed by atoms with E-state index >= 15 is 0 Å². The fraction of sp³-hybridized carbons (Fsp3) is 0.533. The lowest BCUT2D eigenvalue weighted by Crippen LogP contribution is -2.33. The summed E-state index contributed by atoms with van der Waals surface area (Å²) in [5, 5.41) is 3.42. The smallest absolute Gasteiger partial charge is 0.367 e. The van der Waals surface area contributed by atoms with Crippen LogP contribution in [0.2, 0.25) is 0 Å². The van der Waals surface area contributed by atoms with Crippen LogP contribution in [0.5, 0.6) is 0 Å². The Morgan fingerprint density at radius 1 is 1.33 bits per heavy atom. The summed E-state index contributed by atoms with van der Waals surface area (Å²) in [5.41, 5.74) is 1.62. The second-order valence-electron chi connectivity index (χ2n) is 5.58. The molecule has 1 aliphatic carbocycles. The Labute approximate surface area is 121 Å². The summed E-state index contributed by atoms with van der Waals surface area (Å²) in [7, 11) is 0. The summed E-state index contributed by atoms with van der Waals surface area (Å²) >= 11 is 0. The highest BCUT2D eigenvalue weighted by atomic mass is 19.4. The van der Waals surface area contributed by atoms with E-state index in [0.29, 0.717) is 19.1 Å². The molecule has 21 heavy (non-hydrogen) atoms. The molecule has 0 aromatic carbocycles. The topological polar surface area (TPSA) is 28.2 Å². The zero-order valence-electron chi connectivity index (χ0n) is 11.7. The molecule has 114 valence electrons. The Morgan fingerprint density at radius 3 is 2.76 bits per heavy atom. The molecule has 0 amide bonds. The summed E-state index contributed by atoms with van der Waals surface area (Å²) in [5.74, 6) is 0. The monoisotopic (exact) mass is 297 g/mol. The van der Waals surface area contributed by atoms with Crippen LogP contribution in [-0.2, 0) is 6.54 Å². The van der Waals surface area contributed by atoms with Crippen LogP contribution < -0.4 is 10.2 Å². The zero-order valence-corrected chi connectivity index (χ0v) is 11.7. The van der Waals surface area contributed by atoms with Crippen molar-refractivity contribution in [3.63, 3.8) is 0 Å². The number of rotatable bonds is 4. The van der Waals surface area contributed by atoms with Gasteiger partial charge in [-0.3, -0.25) is 4.98 Å². The number of hydrogen-bond acceptors (Lipinski definition) is 3. The summed E-state index contributed by atoms with van der Waals surface area (Å²) in [6.45, 7) is 1.42. The van der Waals surface area contributed by atoms with Crippen molar-refractivity contribution in [2.24, 2.45) is 0 Å². The third kappa shape index (κ3) is 3.56. The van der Waals surface area contributed by atoms with Crippen LogP contribution in [0, 0.1) is 0 Å². The largest absolute Gasteiger partial charge is 0.412 e. The molecule has 6 heteroatoms. The average molecular weight is 297 g/mol. The maximum absolute atomic E-state index is 12.7. The van der Waals surface area contributed by atoms with Gasteiger partial charge < -0.3 is 10.2 Å². The molecule has 0 spiro atoms. The van der Waals surface area contributed by atoms with E-state index in [2.05, 4.69) is 10.3 Å². The van der Waals surface area contributed by atoms with Crippen LogP contribution >= 0.6 is 0 Å². The molecule has 0 atom stereocenters. The Morgan fingerprint density at radius 2 is 2.14 bits per heavy atom. The van der Waals surface area contributed by atoms with E-state index in [1.54, 1.807) is 12.4 Å².